The zero-order chi connectivity index (χ0) is 21.6. The van der Waals surface area contributed by atoms with Gasteiger partial charge in [-0.2, -0.15) is 5.10 Å². The van der Waals surface area contributed by atoms with Gasteiger partial charge in [0.1, 0.15) is 17.2 Å². The fraction of sp³-hybridized carbons (Fsp3) is 0.115. The van der Waals surface area contributed by atoms with Crippen LogP contribution in [0, 0.1) is 5.82 Å². The molecule has 0 aliphatic heterocycles. The van der Waals surface area contributed by atoms with E-state index >= 15 is 0 Å². The Morgan fingerprint density at radius 2 is 1.68 bits per heavy atom. The number of hydrogen-bond donors (Lipinski definition) is 1. The van der Waals surface area contributed by atoms with E-state index in [-0.39, 0.29) is 5.82 Å². The topological polar surface area (TPSA) is 47.3 Å². The molecule has 4 aromatic carbocycles. The van der Waals surface area contributed by atoms with Gasteiger partial charge < -0.3 is 9.84 Å². The molecule has 0 aliphatic rings. The highest BCUT2D eigenvalue weighted by Gasteiger charge is 2.28. The number of fused-ring (bicyclic) bond motifs is 2. The monoisotopic (exact) mass is 412 g/mol. The normalized spacial score (nSPS) is 13.4. The van der Waals surface area contributed by atoms with Crippen molar-refractivity contribution in [2.24, 2.45) is 0 Å². The molecule has 5 aromatic rings. The highest BCUT2D eigenvalue weighted by atomic mass is 19.1. The maximum absolute atomic E-state index is 14.3. The van der Waals surface area contributed by atoms with Crippen LogP contribution < -0.4 is 4.74 Å². The first-order chi connectivity index (χ1) is 15.0. The van der Waals surface area contributed by atoms with Gasteiger partial charge in [-0.15, -0.1) is 0 Å². The highest BCUT2D eigenvalue weighted by Crippen LogP contribution is 2.36. The number of ether oxygens (including phenoxy) is 1. The molecular weight excluding hydrogens is 391 g/mol. The van der Waals surface area contributed by atoms with Crippen LogP contribution in [-0.4, -0.2) is 22.0 Å². The predicted molar refractivity (Wildman–Crippen MR) is 120 cm³/mol. The van der Waals surface area contributed by atoms with Crippen LogP contribution in [0.15, 0.2) is 85.1 Å². The van der Waals surface area contributed by atoms with E-state index in [1.807, 2.05) is 59.3 Å². The molecule has 31 heavy (non-hydrogen) atoms. The predicted octanol–water partition coefficient (Wildman–Crippen LogP) is 5.58. The minimum Gasteiger partial charge on any atom is -0.497 e. The van der Waals surface area contributed by atoms with E-state index in [9.17, 15) is 9.50 Å². The van der Waals surface area contributed by atoms with Crippen LogP contribution in [0.5, 0.6) is 5.75 Å². The average molecular weight is 412 g/mol. The molecule has 0 spiro atoms. The Kier molecular flexibility index (Phi) is 4.49. The third-order valence-corrected chi connectivity index (χ3v) is 5.84. The molecule has 5 heteroatoms. The Morgan fingerprint density at radius 3 is 2.42 bits per heavy atom. The molecule has 5 rings (SSSR count). The van der Waals surface area contributed by atoms with Gasteiger partial charge in [-0.25, -0.2) is 9.07 Å². The van der Waals surface area contributed by atoms with E-state index in [0.29, 0.717) is 21.9 Å². The van der Waals surface area contributed by atoms with E-state index in [2.05, 4.69) is 5.10 Å². The van der Waals surface area contributed by atoms with Gasteiger partial charge in [-0.05, 0) is 65.9 Å². The molecule has 0 bridgehead atoms. The zero-order valence-corrected chi connectivity index (χ0v) is 17.2. The number of aromatic nitrogens is 2. The smallest absolute Gasteiger partial charge is 0.131 e. The maximum Gasteiger partial charge on any atom is 0.131 e. The van der Waals surface area contributed by atoms with Gasteiger partial charge in [0.15, 0.2) is 0 Å². The summed E-state index contributed by atoms with van der Waals surface area (Å²) in [4.78, 5) is 0. The molecule has 4 nitrogen and oxygen atoms in total. The van der Waals surface area contributed by atoms with Crippen molar-refractivity contribution >= 4 is 21.7 Å². The van der Waals surface area contributed by atoms with Crippen LogP contribution in [0.3, 0.4) is 0 Å². The molecular formula is C26H21FN2O2. The molecule has 1 aromatic heterocycles. The number of hydrogen-bond acceptors (Lipinski definition) is 3. The van der Waals surface area contributed by atoms with E-state index in [1.54, 1.807) is 38.4 Å². The lowest BCUT2D eigenvalue weighted by Crippen LogP contribution is -2.23. The second-order valence-electron chi connectivity index (χ2n) is 7.74. The Balaban J connectivity index is 1.60. The number of aliphatic hydroxyl groups is 1. The van der Waals surface area contributed by atoms with Gasteiger partial charge in [0.25, 0.3) is 0 Å². The summed E-state index contributed by atoms with van der Waals surface area (Å²) in [5.74, 6) is 0.483. The summed E-state index contributed by atoms with van der Waals surface area (Å²) < 4.78 is 21.4. The summed E-state index contributed by atoms with van der Waals surface area (Å²) >= 11 is 0. The first-order valence-electron chi connectivity index (χ1n) is 10.0. The van der Waals surface area contributed by atoms with Gasteiger partial charge in [-0.3, -0.25) is 0 Å². The summed E-state index contributed by atoms with van der Waals surface area (Å²) in [5.41, 5.74) is 1.91. The fourth-order valence-electron chi connectivity index (χ4n) is 4.11. The molecule has 1 unspecified atom stereocenters. The van der Waals surface area contributed by atoms with Crippen LogP contribution in [0.1, 0.15) is 18.1 Å². The summed E-state index contributed by atoms with van der Waals surface area (Å²) in [6.07, 6.45) is 1.78. The van der Waals surface area contributed by atoms with E-state index in [0.717, 1.165) is 22.3 Å². The number of methoxy groups -OCH3 is 1. The van der Waals surface area contributed by atoms with E-state index in [4.69, 9.17) is 4.74 Å². The molecule has 0 amide bonds. The number of benzene rings is 4. The summed E-state index contributed by atoms with van der Waals surface area (Å²) in [6, 6.07) is 23.7. The summed E-state index contributed by atoms with van der Waals surface area (Å²) in [5, 5.41) is 18.1. The Labute approximate surface area is 179 Å². The molecule has 1 atom stereocenters. The number of nitrogens with zero attached hydrogens (tertiary/aromatic N) is 2. The van der Waals surface area contributed by atoms with E-state index < -0.39 is 5.60 Å². The van der Waals surface area contributed by atoms with Crippen molar-refractivity contribution in [2.45, 2.75) is 12.5 Å². The molecule has 1 N–H and O–H groups in total. The minimum absolute atomic E-state index is 0.300. The van der Waals surface area contributed by atoms with Crippen molar-refractivity contribution < 1.29 is 14.2 Å². The Hall–Kier alpha value is -3.70. The molecule has 1 heterocycles. The lowest BCUT2D eigenvalue weighted by Gasteiger charge is -2.26. The van der Waals surface area contributed by atoms with Crippen molar-refractivity contribution in [3.05, 3.63) is 102 Å². The number of halogens is 1. The Morgan fingerprint density at radius 1 is 0.935 bits per heavy atom. The summed E-state index contributed by atoms with van der Waals surface area (Å²) in [7, 11) is 1.63. The largest absolute Gasteiger partial charge is 0.497 e. The third kappa shape index (κ3) is 3.14. The van der Waals surface area contributed by atoms with Crippen LogP contribution in [0.25, 0.3) is 27.4 Å². The molecule has 0 aliphatic carbocycles. The second kappa shape index (κ2) is 7.22. The van der Waals surface area contributed by atoms with Crippen LogP contribution in [0.2, 0.25) is 0 Å². The Bertz CT molecular complexity index is 1400. The van der Waals surface area contributed by atoms with Crippen LogP contribution >= 0.6 is 0 Å². The van der Waals surface area contributed by atoms with Gasteiger partial charge in [0.05, 0.1) is 24.5 Å². The third-order valence-electron chi connectivity index (χ3n) is 5.84. The van der Waals surface area contributed by atoms with Crippen molar-refractivity contribution in [1.29, 1.82) is 0 Å². The van der Waals surface area contributed by atoms with Crippen molar-refractivity contribution in [1.82, 2.24) is 9.78 Å². The quantitative estimate of drug-likeness (QED) is 0.419. The molecule has 0 radical (unpaired) electrons. The standard InChI is InChI=1S/C26H21FN2O2/c1-26(30,23-12-13-24(27)22-6-4-3-5-21(22)23)18-7-14-25-17(15-18)16-28-29(25)19-8-10-20(31-2)11-9-19/h3-16,30H,1-2H3. The molecule has 154 valence electrons. The van der Waals surface area contributed by atoms with Gasteiger partial charge in [-0.1, -0.05) is 36.4 Å². The van der Waals surface area contributed by atoms with Crippen molar-refractivity contribution in [3.63, 3.8) is 0 Å². The fourth-order valence-corrected chi connectivity index (χ4v) is 4.11. The minimum atomic E-state index is -1.30. The number of rotatable bonds is 4. The van der Waals surface area contributed by atoms with Crippen LogP contribution in [-0.2, 0) is 5.60 Å². The van der Waals surface area contributed by atoms with Gasteiger partial charge in [0, 0.05) is 10.8 Å². The van der Waals surface area contributed by atoms with Gasteiger partial charge >= 0.3 is 0 Å². The maximum atomic E-state index is 14.3. The van der Waals surface area contributed by atoms with Crippen LogP contribution in [0.4, 0.5) is 4.39 Å². The molecule has 0 saturated carbocycles. The first kappa shape index (κ1) is 19.3. The second-order valence-corrected chi connectivity index (χ2v) is 7.74. The summed E-state index contributed by atoms with van der Waals surface area (Å²) in [6.45, 7) is 1.74. The molecule has 0 fully saturated rings. The lowest BCUT2D eigenvalue weighted by atomic mass is 9.84. The van der Waals surface area contributed by atoms with E-state index in [1.165, 1.54) is 6.07 Å². The molecule has 0 saturated heterocycles. The van der Waals surface area contributed by atoms with Crippen molar-refractivity contribution in [2.75, 3.05) is 7.11 Å². The first-order valence-corrected chi connectivity index (χ1v) is 10.0. The average Bonchev–Trinajstić information content (AvgIpc) is 3.23. The van der Waals surface area contributed by atoms with Crippen molar-refractivity contribution in [3.8, 4) is 11.4 Å². The highest BCUT2D eigenvalue weighted by molar-refractivity contribution is 5.88. The lowest BCUT2D eigenvalue weighted by molar-refractivity contribution is 0.104. The van der Waals surface area contributed by atoms with Gasteiger partial charge in [0.2, 0.25) is 0 Å². The SMILES string of the molecule is COc1ccc(-n2ncc3cc(C(C)(O)c4ccc(F)c5ccccc45)ccc32)cc1. The zero-order valence-electron chi connectivity index (χ0n) is 17.2.